The maximum Gasteiger partial charge on any atom is 0.283 e. The Labute approximate surface area is 118 Å². The van der Waals surface area contributed by atoms with Crippen molar-refractivity contribution < 1.29 is 0 Å². The Morgan fingerprint density at radius 2 is 2.32 bits per heavy atom. The summed E-state index contributed by atoms with van der Waals surface area (Å²) in [5.74, 6) is 1.30. The smallest absolute Gasteiger partial charge is 0.283 e. The van der Waals surface area contributed by atoms with E-state index >= 15 is 0 Å². The van der Waals surface area contributed by atoms with Crippen molar-refractivity contribution in [3.05, 3.63) is 33.3 Å². The fraction of sp³-hybridized carbons (Fsp3) is 0.417. The summed E-state index contributed by atoms with van der Waals surface area (Å²) in [4.78, 5) is 12.1. The number of hydrogen-bond acceptors (Lipinski definition) is 4. The maximum absolute atomic E-state index is 12.1. The molecule has 1 aliphatic carbocycles. The van der Waals surface area contributed by atoms with E-state index in [2.05, 4.69) is 31.4 Å². The van der Waals surface area contributed by atoms with Crippen LogP contribution in [-0.2, 0) is 13.6 Å². The maximum atomic E-state index is 12.1. The normalized spacial score (nSPS) is 14.6. The molecular formula is C12H14BrN5O. The van der Waals surface area contributed by atoms with Crippen LogP contribution in [0.25, 0.3) is 0 Å². The van der Waals surface area contributed by atoms with E-state index in [9.17, 15) is 4.79 Å². The van der Waals surface area contributed by atoms with Crippen LogP contribution in [0.15, 0.2) is 27.7 Å². The number of anilines is 2. The highest BCUT2D eigenvalue weighted by Gasteiger charge is 2.23. The predicted molar refractivity (Wildman–Crippen MR) is 75.4 cm³/mol. The molecule has 2 heterocycles. The molecule has 1 aliphatic rings. The van der Waals surface area contributed by atoms with Crippen LogP contribution in [0, 0.1) is 5.92 Å². The minimum absolute atomic E-state index is 0.104. The summed E-state index contributed by atoms with van der Waals surface area (Å²) in [7, 11) is 1.84. The van der Waals surface area contributed by atoms with Gasteiger partial charge in [0.15, 0.2) is 5.82 Å². The van der Waals surface area contributed by atoms with E-state index in [1.165, 1.54) is 17.5 Å². The summed E-state index contributed by atoms with van der Waals surface area (Å²) in [6.07, 6.45) is 5.87. The fourth-order valence-electron chi connectivity index (χ4n) is 1.85. The van der Waals surface area contributed by atoms with Crippen LogP contribution in [0.3, 0.4) is 0 Å². The Bertz CT molecular complexity index is 658. The van der Waals surface area contributed by atoms with Gasteiger partial charge in [0.25, 0.3) is 5.56 Å². The summed E-state index contributed by atoms with van der Waals surface area (Å²) in [6, 6.07) is 1.84. The molecule has 0 radical (unpaired) electrons. The number of aromatic nitrogens is 4. The van der Waals surface area contributed by atoms with E-state index in [0.717, 1.165) is 0 Å². The molecule has 0 aromatic carbocycles. The summed E-state index contributed by atoms with van der Waals surface area (Å²) < 4.78 is 3.71. The van der Waals surface area contributed by atoms with Gasteiger partial charge in [-0.25, -0.2) is 4.68 Å². The number of nitrogens with zero attached hydrogens (tertiary/aromatic N) is 4. The van der Waals surface area contributed by atoms with Crippen molar-refractivity contribution in [1.29, 1.82) is 0 Å². The Hall–Kier alpha value is -1.63. The van der Waals surface area contributed by atoms with Gasteiger partial charge in [-0.2, -0.15) is 10.2 Å². The van der Waals surface area contributed by atoms with Gasteiger partial charge in [0.1, 0.15) is 4.47 Å². The summed E-state index contributed by atoms with van der Waals surface area (Å²) >= 11 is 3.34. The third kappa shape index (κ3) is 2.70. The summed E-state index contributed by atoms with van der Waals surface area (Å²) in [5.41, 5.74) is 0.531. The predicted octanol–water partition coefficient (Wildman–Crippen LogP) is 1.89. The molecule has 0 spiro atoms. The van der Waals surface area contributed by atoms with Crippen molar-refractivity contribution >= 4 is 27.4 Å². The first-order valence-electron chi connectivity index (χ1n) is 6.16. The lowest BCUT2D eigenvalue weighted by Crippen LogP contribution is -2.25. The number of rotatable bonds is 4. The Morgan fingerprint density at radius 1 is 1.53 bits per heavy atom. The number of halogens is 1. The summed E-state index contributed by atoms with van der Waals surface area (Å²) in [5, 5.41) is 11.5. The van der Waals surface area contributed by atoms with Crippen molar-refractivity contribution in [3.8, 4) is 0 Å². The Kier molecular flexibility index (Phi) is 3.14. The van der Waals surface area contributed by atoms with Gasteiger partial charge in [-0.05, 0) is 34.7 Å². The van der Waals surface area contributed by atoms with Gasteiger partial charge < -0.3 is 5.32 Å². The first-order valence-corrected chi connectivity index (χ1v) is 6.95. The second kappa shape index (κ2) is 4.80. The molecule has 100 valence electrons. The van der Waals surface area contributed by atoms with Crippen molar-refractivity contribution in [2.75, 3.05) is 5.32 Å². The molecule has 3 rings (SSSR count). The van der Waals surface area contributed by atoms with E-state index in [1.54, 1.807) is 10.9 Å². The van der Waals surface area contributed by atoms with Crippen LogP contribution in [0.2, 0.25) is 0 Å². The van der Waals surface area contributed by atoms with E-state index in [0.29, 0.717) is 28.4 Å². The lowest BCUT2D eigenvalue weighted by atomic mass is 10.4. The molecule has 7 heteroatoms. The second-order valence-electron chi connectivity index (χ2n) is 4.80. The summed E-state index contributed by atoms with van der Waals surface area (Å²) in [6.45, 7) is 0.710. The highest BCUT2D eigenvalue weighted by atomic mass is 79.9. The van der Waals surface area contributed by atoms with Crippen LogP contribution >= 0.6 is 15.9 Å². The van der Waals surface area contributed by atoms with E-state index in [1.807, 2.05) is 19.3 Å². The quantitative estimate of drug-likeness (QED) is 0.933. The SMILES string of the molecule is Cn1ccc(Nc2cnn(CC3CC3)c(=O)c2Br)n1. The lowest BCUT2D eigenvalue weighted by molar-refractivity contribution is 0.532. The molecule has 19 heavy (non-hydrogen) atoms. The third-order valence-corrected chi connectivity index (χ3v) is 3.86. The molecule has 0 atom stereocenters. The van der Waals surface area contributed by atoms with E-state index in [4.69, 9.17) is 0 Å². The zero-order valence-electron chi connectivity index (χ0n) is 10.5. The minimum atomic E-state index is -0.104. The average Bonchev–Trinajstić information content (AvgIpc) is 3.11. The third-order valence-electron chi connectivity index (χ3n) is 3.09. The van der Waals surface area contributed by atoms with Crippen molar-refractivity contribution in [3.63, 3.8) is 0 Å². The number of hydrogen-bond donors (Lipinski definition) is 1. The Balaban J connectivity index is 1.85. The highest BCUT2D eigenvalue weighted by Crippen LogP contribution is 2.30. The first-order chi connectivity index (χ1) is 9.13. The van der Waals surface area contributed by atoms with Crippen molar-refractivity contribution in [2.24, 2.45) is 13.0 Å². The zero-order chi connectivity index (χ0) is 13.4. The molecule has 2 aromatic heterocycles. The van der Waals surface area contributed by atoms with Gasteiger partial charge in [0.2, 0.25) is 0 Å². The molecule has 2 aromatic rings. The largest absolute Gasteiger partial charge is 0.336 e. The van der Waals surface area contributed by atoms with Gasteiger partial charge >= 0.3 is 0 Å². The number of aryl methyl sites for hydroxylation is 1. The second-order valence-corrected chi connectivity index (χ2v) is 5.60. The van der Waals surface area contributed by atoms with Crippen molar-refractivity contribution in [1.82, 2.24) is 19.6 Å². The van der Waals surface area contributed by atoms with Gasteiger partial charge in [-0.15, -0.1) is 0 Å². The van der Waals surface area contributed by atoms with Crippen LogP contribution in [0.5, 0.6) is 0 Å². The first kappa shape index (κ1) is 12.4. The van der Waals surface area contributed by atoms with E-state index < -0.39 is 0 Å². The molecule has 1 fully saturated rings. The van der Waals surface area contributed by atoms with Crippen molar-refractivity contribution in [2.45, 2.75) is 19.4 Å². The minimum Gasteiger partial charge on any atom is -0.336 e. The number of nitrogens with one attached hydrogen (secondary N) is 1. The topological polar surface area (TPSA) is 64.7 Å². The monoisotopic (exact) mass is 323 g/mol. The Morgan fingerprint density at radius 3 is 2.95 bits per heavy atom. The molecule has 0 bridgehead atoms. The molecule has 6 nitrogen and oxygen atoms in total. The zero-order valence-corrected chi connectivity index (χ0v) is 12.1. The van der Waals surface area contributed by atoms with Gasteiger partial charge in [0, 0.05) is 25.9 Å². The van der Waals surface area contributed by atoms with Gasteiger partial charge in [0.05, 0.1) is 11.9 Å². The van der Waals surface area contributed by atoms with E-state index in [-0.39, 0.29) is 5.56 Å². The molecule has 1 N–H and O–H groups in total. The molecular weight excluding hydrogens is 310 g/mol. The van der Waals surface area contributed by atoms with Crippen LogP contribution in [-0.4, -0.2) is 19.6 Å². The van der Waals surface area contributed by atoms with Gasteiger partial charge in [-0.1, -0.05) is 0 Å². The van der Waals surface area contributed by atoms with Crippen LogP contribution < -0.4 is 10.9 Å². The lowest BCUT2D eigenvalue weighted by Gasteiger charge is -2.08. The molecule has 0 aliphatic heterocycles. The highest BCUT2D eigenvalue weighted by molar-refractivity contribution is 9.10. The molecule has 0 unspecified atom stereocenters. The standard InChI is InChI=1S/C12H14BrN5O/c1-17-5-4-10(16-17)15-9-6-14-18(7-8-2-3-8)12(19)11(9)13/h4-6,8H,2-3,7H2,1H3,(H,15,16). The van der Waals surface area contributed by atoms with Crippen LogP contribution in [0.4, 0.5) is 11.5 Å². The molecule has 0 saturated heterocycles. The van der Waals surface area contributed by atoms with Gasteiger partial charge in [-0.3, -0.25) is 9.48 Å². The van der Waals surface area contributed by atoms with Crippen LogP contribution in [0.1, 0.15) is 12.8 Å². The fourth-order valence-corrected chi connectivity index (χ4v) is 2.25. The molecule has 1 saturated carbocycles. The average molecular weight is 324 g/mol. The molecule has 0 amide bonds.